The lowest BCUT2D eigenvalue weighted by molar-refractivity contribution is 0.0987. The Morgan fingerprint density at radius 2 is 2.38 bits per heavy atom. The zero-order valence-electron chi connectivity index (χ0n) is 13.6. The maximum absolute atomic E-state index is 13.3. The molecule has 1 aromatic heterocycles. The molecule has 0 bridgehead atoms. The number of nitrogens with zero attached hydrogens (tertiary/aromatic N) is 3. The number of likely N-dealkylation sites (tertiary alicyclic amines) is 1. The van der Waals surface area contributed by atoms with Crippen molar-refractivity contribution in [3.63, 3.8) is 0 Å². The first kappa shape index (κ1) is 16.6. The number of rotatable bonds is 6. The summed E-state index contributed by atoms with van der Waals surface area (Å²) in [6, 6.07) is 6.99. The van der Waals surface area contributed by atoms with E-state index >= 15 is 0 Å². The molecule has 0 saturated carbocycles. The number of amides is 1. The lowest BCUT2D eigenvalue weighted by Crippen LogP contribution is -2.33. The Morgan fingerprint density at radius 3 is 3.08 bits per heavy atom. The zero-order chi connectivity index (χ0) is 17.1. The van der Waals surface area contributed by atoms with Crippen molar-refractivity contribution in [2.75, 3.05) is 6.54 Å². The molecule has 1 aliphatic heterocycles. The SMILES string of the molecule is C[C@H](CCc1cccc(F)c1)N1CCC[C@@H]1c1nc(C(N)=O)no1. The van der Waals surface area contributed by atoms with Crippen LogP contribution < -0.4 is 5.73 Å². The molecule has 3 rings (SSSR count). The number of hydrogen-bond donors (Lipinski definition) is 1. The van der Waals surface area contributed by atoms with Crippen LogP contribution >= 0.6 is 0 Å². The molecular weight excluding hydrogens is 311 g/mol. The number of aromatic nitrogens is 2. The van der Waals surface area contributed by atoms with Crippen molar-refractivity contribution in [2.45, 2.75) is 44.7 Å². The maximum Gasteiger partial charge on any atom is 0.290 e. The Bertz CT molecular complexity index is 718. The summed E-state index contributed by atoms with van der Waals surface area (Å²) < 4.78 is 18.5. The van der Waals surface area contributed by atoms with E-state index in [4.69, 9.17) is 10.3 Å². The van der Waals surface area contributed by atoms with E-state index in [1.165, 1.54) is 6.07 Å². The molecular formula is C17H21FN4O2. The van der Waals surface area contributed by atoms with E-state index in [2.05, 4.69) is 22.0 Å². The van der Waals surface area contributed by atoms with Gasteiger partial charge >= 0.3 is 0 Å². The van der Waals surface area contributed by atoms with Gasteiger partial charge in [0.1, 0.15) is 5.82 Å². The molecule has 128 valence electrons. The van der Waals surface area contributed by atoms with Gasteiger partial charge in [0.2, 0.25) is 5.89 Å². The van der Waals surface area contributed by atoms with E-state index in [-0.39, 0.29) is 23.7 Å². The second-order valence-corrected chi connectivity index (χ2v) is 6.23. The number of nitrogens with two attached hydrogens (primary N) is 1. The van der Waals surface area contributed by atoms with Crippen LogP contribution in [0.4, 0.5) is 4.39 Å². The highest BCUT2D eigenvalue weighted by molar-refractivity contribution is 5.88. The summed E-state index contributed by atoms with van der Waals surface area (Å²) in [7, 11) is 0. The Balaban J connectivity index is 1.64. The largest absolute Gasteiger partial charge is 0.363 e. The van der Waals surface area contributed by atoms with Crippen LogP contribution in [-0.4, -0.2) is 33.5 Å². The number of carbonyl (C=O) groups excluding carboxylic acids is 1. The van der Waals surface area contributed by atoms with Crippen LogP contribution in [0.25, 0.3) is 0 Å². The Labute approximate surface area is 139 Å². The van der Waals surface area contributed by atoms with E-state index in [9.17, 15) is 9.18 Å². The summed E-state index contributed by atoms with van der Waals surface area (Å²) in [5, 5.41) is 3.63. The minimum Gasteiger partial charge on any atom is -0.363 e. The Kier molecular flexibility index (Phi) is 4.89. The predicted octanol–water partition coefficient (Wildman–Crippen LogP) is 2.47. The highest BCUT2D eigenvalue weighted by Gasteiger charge is 2.33. The van der Waals surface area contributed by atoms with Crippen LogP contribution in [0.3, 0.4) is 0 Å². The summed E-state index contributed by atoms with van der Waals surface area (Å²) >= 11 is 0. The van der Waals surface area contributed by atoms with Crippen molar-refractivity contribution >= 4 is 5.91 Å². The van der Waals surface area contributed by atoms with Gasteiger partial charge in [0, 0.05) is 6.04 Å². The molecule has 6 nitrogen and oxygen atoms in total. The summed E-state index contributed by atoms with van der Waals surface area (Å²) in [6.45, 7) is 3.08. The van der Waals surface area contributed by atoms with Gasteiger partial charge in [0.15, 0.2) is 0 Å². The molecule has 0 unspecified atom stereocenters. The first-order valence-electron chi connectivity index (χ1n) is 8.18. The summed E-state index contributed by atoms with van der Waals surface area (Å²) in [5.41, 5.74) is 6.17. The van der Waals surface area contributed by atoms with Crippen LogP contribution in [0.5, 0.6) is 0 Å². The molecule has 1 fully saturated rings. The van der Waals surface area contributed by atoms with E-state index in [0.29, 0.717) is 5.89 Å². The molecule has 1 aliphatic rings. The quantitative estimate of drug-likeness (QED) is 0.878. The second kappa shape index (κ2) is 7.09. The smallest absolute Gasteiger partial charge is 0.290 e. The number of aryl methyl sites for hydroxylation is 1. The van der Waals surface area contributed by atoms with Crippen molar-refractivity contribution in [3.05, 3.63) is 47.4 Å². The third kappa shape index (κ3) is 3.62. The lowest BCUT2D eigenvalue weighted by atomic mass is 10.0. The van der Waals surface area contributed by atoms with Gasteiger partial charge < -0.3 is 10.3 Å². The van der Waals surface area contributed by atoms with Crippen LogP contribution in [0.2, 0.25) is 0 Å². The lowest BCUT2D eigenvalue weighted by Gasteiger charge is -2.28. The van der Waals surface area contributed by atoms with Crippen molar-refractivity contribution in [1.82, 2.24) is 15.0 Å². The summed E-state index contributed by atoms with van der Waals surface area (Å²) in [4.78, 5) is 17.5. The van der Waals surface area contributed by atoms with Crippen LogP contribution in [0.15, 0.2) is 28.8 Å². The molecule has 2 atom stereocenters. The minimum atomic E-state index is -0.686. The van der Waals surface area contributed by atoms with Crippen molar-refractivity contribution in [3.8, 4) is 0 Å². The van der Waals surface area contributed by atoms with Gasteiger partial charge in [-0.1, -0.05) is 17.3 Å². The first-order chi connectivity index (χ1) is 11.5. The fraction of sp³-hybridized carbons (Fsp3) is 0.471. The highest BCUT2D eigenvalue weighted by atomic mass is 19.1. The maximum atomic E-state index is 13.3. The van der Waals surface area contributed by atoms with Crippen LogP contribution in [-0.2, 0) is 6.42 Å². The molecule has 0 radical (unpaired) electrons. The highest BCUT2D eigenvalue weighted by Crippen LogP contribution is 2.33. The van der Waals surface area contributed by atoms with Crippen molar-refractivity contribution in [1.29, 1.82) is 0 Å². The van der Waals surface area contributed by atoms with Gasteiger partial charge in [-0.15, -0.1) is 0 Å². The van der Waals surface area contributed by atoms with Gasteiger partial charge in [-0.2, -0.15) is 4.98 Å². The predicted molar refractivity (Wildman–Crippen MR) is 85.7 cm³/mol. The standard InChI is InChI=1S/C17H21FN4O2/c1-11(7-8-12-4-2-5-13(18)10-12)22-9-3-6-14(22)17-20-16(15(19)23)21-24-17/h2,4-5,10-11,14H,3,6-9H2,1H3,(H2,19,23)/t11-,14-/m1/s1. The molecule has 0 aliphatic carbocycles. The normalized spacial score (nSPS) is 19.5. The van der Waals surface area contributed by atoms with Crippen molar-refractivity contribution in [2.24, 2.45) is 5.73 Å². The summed E-state index contributed by atoms with van der Waals surface area (Å²) in [5.74, 6) is -0.527. The molecule has 1 amide bonds. The van der Waals surface area contributed by atoms with E-state index < -0.39 is 5.91 Å². The topological polar surface area (TPSA) is 85.3 Å². The first-order valence-corrected chi connectivity index (χ1v) is 8.18. The van der Waals surface area contributed by atoms with Crippen LogP contribution in [0, 0.1) is 5.82 Å². The molecule has 7 heteroatoms. The van der Waals surface area contributed by atoms with Gasteiger partial charge in [-0.3, -0.25) is 9.69 Å². The zero-order valence-corrected chi connectivity index (χ0v) is 13.6. The van der Waals surface area contributed by atoms with Gasteiger partial charge in [-0.05, 0) is 56.8 Å². The number of benzene rings is 1. The van der Waals surface area contributed by atoms with Gasteiger partial charge in [0.25, 0.3) is 11.7 Å². The van der Waals surface area contributed by atoms with Crippen LogP contribution in [0.1, 0.15) is 54.3 Å². The number of halogens is 1. The average Bonchev–Trinajstić information content (AvgIpc) is 3.21. The number of carbonyl (C=O) groups is 1. The fourth-order valence-corrected chi connectivity index (χ4v) is 3.29. The van der Waals surface area contributed by atoms with E-state index in [1.54, 1.807) is 12.1 Å². The van der Waals surface area contributed by atoms with Gasteiger partial charge in [-0.25, -0.2) is 4.39 Å². The van der Waals surface area contributed by atoms with Gasteiger partial charge in [0.05, 0.1) is 6.04 Å². The second-order valence-electron chi connectivity index (χ2n) is 6.23. The molecule has 1 saturated heterocycles. The Morgan fingerprint density at radius 1 is 1.54 bits per heavy atom. The average molecular weight is 332 g/mol. The van der Waals surface area contributed by atoms with E-state index in [0.717, 1.165) is 37.8 Å². The monoisotopic (exact) mass is 332 g/mol. The minimum absolute atomic E-state index is 0.00751. The Hall–Kier alpha value is -2.28. The third-order valence-corrected chi connectivity index (χ3v) is 4.55. The molecule has 2 N–H and O–H groups in total. The molecule has 24 heavy (non-hydrogen) atoms. The molecule has 2 aromatic rings. The molecule has 1 aromatic carbocycles. The fourth-order valence-electron chi connectivity index (χ4n) is 3.29. The number of hydrogen-bond acceptors (Lipinski definition) is 5. The molecule has 2 heterocycles. The third-order valence-electron chi connectivity index (χ3n) is 4.55. The van der Waals surface area contributed by atoms with Crippen molar-refractivity contribution < 1.29 is 13.7 Å². The molecule has 0 spiro atoms. The number of primary amides is 1. The summed E-state index contributed by atoms with van der Waals surface area (Å²) in [6.07, 6.45) is 3.64. The van der Waals surface area contributed by atoms with E-state index in [1.807, 2.05) is 6.07 Å².